The molecule has 1 aliphatic rings. The molecule has 1 saturated carbocycles. The molecule has 0 unspecified atom stereocenters. The molecule has 0 aromatic heterocycles. The number of hydrogen-bond acceptors (Lipinski definition) is 4. The molecular formula is C21H23N3O4. The third kappa shape index (κ3) is 5.57. The Bertz CT molecular complexity index is 877. The average molecular weight is 381 g/mol. The highest BCUT2D eigenvalue weighted by molar-refractivity contribution is 5.94. The Labute approximate surface area is 163 Å². The number of anilines is 1. The minimum atomic E-state index is -0.280. The number of amides is 3. The van der Waals surface area contributed by atoms with Gasteiger partial charge in [0.2, 0.25) is 5.91 Å². The molecule has 0 atom stereocenters. The van der Waals surface area contributed by atoms with Crippen molar-refractivity contribution >= 4 is 23.4 Å². The van der Waals surface area contributed by atoms with Gasteiger partial charge in [-0.3, -0.25) is 14.4 Å². The van der Waals surface area contributed by atoms with E-state index in [9.17, 15) is 14.4 Å². The van der Waals surface area contributed by atoms with Gasteiger partial charge < -0.3 is 20.7 Å². The fourth-order valence-corrected chi connectivity index (χ4v) is 2.62. The van der Waals surface area contributed by atoms with Crippen molar-refractivity contribution in [1.29, 1.82) is 0 Å². The van der Waals surface area contributed by atoms with Gasteiger partial charge in [-0.15, -0.1) is 0 Å². The van der Waals surface area contributed by atoms with Crippen LogP contribution in [-0.2, 0) is 16.1 Å². The third-order valence-electron chi connectivity index (χ3n) is 4.33. The molecule has 0 spiro atoms. The monoisotopic (exact) mass is 381 g/mol. The summed E-state index contributed by atoms with van der Waals surface area (Å²) in [6.07, 6.45) is 1.88. The molecule has 7 nitrogen and oxygen atoms in total. The molecule has 3 N–H and O–H groups in total. The number of nitrogens with one attached hydrogen (secondary N) is 3. The fourth-order valence-electron chi connectivity index (χ4n) is 2.62. The van der Waals surface area contributed by atoms with Crippen LogP contribution in [0.3, 0.4) is 0 Å². The van der Waals surface area contributed by atoms with Gasteiger partial charge in [-0.25, -0.2) is 0 Å². The Morgan fingerprint density at radius 2 is 1.86 bits per heavy atom. The summed E-state index contributed by atoms with van der Waals surface area (Å²) in [6.45, 7) is 0.152. The summed E-state index contributed by atoms with van der Waals surface area (Å²) in [5, 5.41) is 8.17. The minimum absolute atomic E-state index is 0.0221. The summed E-state index contributed by atoms with van der Waals surface area (Å²) in [5.74, 6) is 0.194. The van der Waals surface area contributed by atoms with E-state index in [0.717, 1.165) is 18.4 Å². The lowest BCUT2D eigenvalue weighted by atomic mass is 10.1. The van der Waals surface area contributed by atoms with Gasteiger partial charge in [0.1, 0.15) is 5.75 Å². The molecule has 7 heteroatoms. The SMILES string of the molecule is CNC(=O)c1cccc(CNC(=O)COc2cccc(NC(=O)C3CC3)c2)c1. The lowest BCUT2D eigenvalue weighted by Gasteiger charge is -2.10. The van der Waals surface area contributed by atoms with Crippen LogP contribution in [0.15, 0.2) is 48.5 Å². The molecule has 1 aliphatic carbocycles. The number of carbonyl (C=O) groups is 3. The molecule has 0 heterocycles. The maximum Gasteiger partial charge on any atom is 0.258 e. The largest absolute Gasteiger partial charge is 0.484 e. The average Bonchev–Trinajstić information content (AvgIpc) is 3.56. The molecular weight excluding hydrogens is 358 g/mol. The van der Waals surface area contributed by atoms with E-state index in [1.54, 1.807) is 49.5 Å². The van der Waals surface area contributed by atoms with Crippen LogP contribution in [0.2, 0.25) is 0 Å². The van der Waals surface area contributed by atoms with Crippen LogP contribution in [0.25, 0.3) is 0 Å². The summed E-state index contributed by atoms with van der Waals surface area (Å²) >= 11 is 0. The van der Waals surface area contributed by atoms with Gasteiger partial charge in [0.15, 0.2) is 6.61 Å². The van der Waals surface area contributed by atoms with Crippen LogP contribution in [0.1, 0.15) is 28.8 Å². The van der Waals surface area contributed by atoms with Crippen LogP contribution >= 0.6 is 0 Å². The van der Waals surface area contributed by atoms with Crippen LogP contribution < -0.4 is 20.7 Å². The van der Waals surface area contributed by atoms with Crippen molar-refractivity contribution in [3.8, 4) is 5.75 Å². The second kappa shape index (κ2) is 9.03. The second-order valence-electron chi connectivity index (χ2n) is 6.64. The number of hydrogen-bond donors (Lipinski definition) is 3. The van der Waals surface area contributed by atoms with Crippen LogP contribution in [0, 0.1) is 5.92 Å². The van der Waals surface area contributed by atoms with E-state index in [1.807, 2.05) is 6.07 Å². The normalized spacial score (nSPS) is 12.8. The van der Waals surface area contributed by atoms with Gasteiger partial charge in [-0.05, 0) is 42.7 Å². The zero-order valence-electron chi connectivity index (χ0n) is 15.7. The van der Waals surface area contributed by atoms with E-state index in [0.29, 0.717) is 23.5 Å². The highest BCUT2D eigenvalue weighted by atomic mass is 16.5. The highest BCUT2D eigenvalue weighted by Crippen LogP contribution is 2.30. The molecule has 28 heavy (non-hydrogen) atoms. The molecule has 3 rings (SSSR count). The summed E-state index contributed by atoms with van der Waals surface area (Å²) in [7, 11) is 1.57. The maximum absolute atomic E-state index is 12.0. The first kappa shape index (κ1) is 19.4. The molecule has 146 valence electrons. The Hall–Kier alpha value is -3.35. The molecule has 0 radical (unpaired) electrons. The van der Waals surface area contributed by atoms with E-state index in [4.69, 9.17) is 4.74 Å². The van der Waals surface area contributed by atoms with E-state index >= 15 is 0 Å². The molecule has 0 saturated heterocycles. The van der Waals surface area contributed by atoms with E-state index in [1.165, 1.54) is 0 Å². The number of ether oxygens (including phenoxy) is 1. The van der Waals surface area contributed by atoms with Crippen molar-refractivity contribution in [2.45, 2.75) is 19.4 Å². The third-order valence-corrected chi connectivity index (χ3v) is 4.33. The van der Waals surface area contributed by atoms with Gasteiger partial charge in [0, 0.05) is 36.8 Å². The highest BCUT2D eigenvalue weighted by Gasteiger charge is 2.29. The quantitative estimate of drug-likeness (QED) is 0.652. The summed E-state index contributed by atoms with van der Waals surface area (Å²) < 4.78 is 5.51. The number of rotatable bonds is 8. The molecule has 3 amide bonds. The predicted octanol–water partition coefficient (Wildman–Crippen LogP) is 2.09. The van der Waals surface area contributed by atoms with Crippen molar-refractivity contribution in [3.05, 3.63) is 59.7 Å². The summed E-state index contributed by atoms with van der Waals surface area (Å²) in [4.78, 5) is 35.5. The van der Waals surface area contributed by atoms with Crippen molar-refractivity contribution in [1.82, 2.24) is 10.6 Å². The molecule has 0 aliphatic heterocycles. The zero-order chi connectivity index (χ0) is 19.9. The zero-order valence-corrected chi connectivity index (χ0v) is 15.7. The lowest BCUT2D eigenvalue weighted by molar-refractivity contribution is -0.123. The Morgan fingerprint density at radius 3 is 2.61 bits per heavy atom. The first-order valence-corrected chi connectivity index (χ1v) is 9.16. The Kier molecular flexibility index (Phi) is 6.26. The van der Waals surface area contributed by atoms with Gasteiger partial charge in [0.25, 0.3) is 11.8 Å². The minimum Gasteiger partial charge on any atom is -0.484 e. The first-order valence-electron chi connectivity index (χ1n) is 9.16. The number of benzene rings is 2. The van der Waals surface area contributed by atoms with E-state index < -0.39 is 0 Å². The van der Waals surface area contributed by atoms with Crippen LogP contribution in [-0.4, -0.2) is 31.4 Å². The van der Waals surface area contributed by atoms with Crippen molar-refractivity contribution in [2.24, 2.45) is 5.92 Å². The van der Waals surface area contributed by atoms with Gasteiger partial charge >= 0.3 is 0 Å². The Balaban J connectivity index is 1.46. The van der Waals surface area contributed by atoms with Gasteiger partial charge in [-0.1, -0.05) is 18.2 Å². The molecule has 2 aromatic carbocycles. The van der Waals surface area contributed by atoms with Crippen molar-refractivity contribution in [2.75, 3.05) is 19.0 Å². The summed E-state index contributed by atoms with van der Waals surface area (Å²) in [5.41, 5.74) is 2.01. The smallest absolute Gasteiger partial charge is 0.258 e. The van der Waals surface area contributed by atoms with Crippen molar-refractivity contribution < 1.29 is 19.1 Å². The fraction of sp³-hybridized carbons (Fsp3) is 0.286. The van der Waals surface area contributed by atoms with E-state index in [2.05, 4.69) is 16.0 Å². The standard InChI is InChI=1S/C21H23N3O4/c1-22-20(26)16-5-2-4-14(10-16)12-23-19(25)13-28-18-7-3-6-17(11-18)24-21(27)15-8-9-15/h2-7,10-11,15H,8-9,12-13H2,1H3,(H,22,26)(H,23,25)(H,24,27). The maximum atomic E-state index is 12.0. The van der Waals surface area contributed by atoms with Crippen molar-refractivity contribution in [3.63, 3.8) is 0 Å². The number of carbonyl (C=O) groups excluding carboxylic acids is 3. The Morgan fingerprint density at radius 1 is 1.07 bits per heavy atom. The van der Waals surface area contributed by atoms with Crippen LogP contribution in [0.5, 0.6) is 5.75 Å². The summed E-state index contributed by atoms with van der Waals surface area (Å²) in [6, 6.07) is 14.0. The van der Waals surface area contributed by atoms with Crippen LogP contribution in [0.4, 0.5) is 5.69 Å². The molecule has 0 bridgehead atoms. The topological polar surface area (TPSA) is 96.5 Å². The predicted molar refractivity (Wildman–Crippen MR) is 105 cm³/mol. The lowest BCUT2D eigenvalue weighted by Crippen LogP contribution is -2.28. The molecule has 2 aromatic rings. The first-order chi connectivity index (χ1) is 13.5. The van der Waals surface area contributed by atoms with Gasteiger partial charge in [0.05, 0.1) is 0 Å². The molecule has 1 fully saturated rings. The van der Waals surface area contributed by atoms with Gasteiger partial charge in [-0.2, -0.15) is 0 Å². The van der Waals surface area contributed by atoms with E-state index in [-0.39, 0.29) is 30.2 Å². The second-order valence-corrected chi connectivity index (χ2v) is 6.64.